The Labute approximate surface area is 361 Å². The van der Waals surface area contributed by atoms with E-state index in [2.05, 4.69) is 186 Å². The van der Waals surface area contributed by atoms with E-state index in [4.69, 9.17) is 9.47 Å². The van der Waals surface area contributed by atoms with Crippen LogP contribution in [0.3, 0.4) is 0 Å². The lowest BCUT2D eigenvalue weighted by molar-refractivity contribution is 0.343. The quantitative estimate of drug-likeness (QED) is 0.121. The molecule has 5 aromatic carbocycles. The third-order valence-electron chi connectivity index (χ3n) is 13.4. The van der Waals surface area contributed by atoms with Crippen LogP contribution in [0.5, 0.6) is 17.2 Å². The van der Waals surface area contributed by atoms with Gasteiger partial charge >= 0.3 is 0 Å². The fourth-order valence-corrected chi connectivity index (χ4v) is 10.5. The summed E-state index contributed by atoms with van der Waals surface area (Å²) in [6, 6.07) is 37.4. The highest BCUT2D eigenvalue weighted by molar-refractivity contribution is 6.93. The van der Waals surface area contributed by atoms with Gasteiger partial charge in [-0.25, -0.2) is 0 Å². The number of para-hydroxylation sites is 3. The van der Waals surface area contributed by atoms with Crippen molar-refractivity contribution in [2.45, 2.75) is 51.9 Å². The van der Waals surface area contributed by atoms with Crippen molar-refractivity contribution in [1.29, 1.82) is 0 Å². The number of fused-ring (bicyclic) bond motifs is 9. The Bertz CT molecular complexity index is 2810. The summed E-state index contributed by atoms with van der Waals surface area (Å²) in [5.74, 6) is 4.47. The first-order valence-electron chi connectivity index (χ1n) is 21.5. The lowest BCUT2D eigenvalue weighted by Gasteiger charge is -2.51. The SMILES string of the molecule is C=C/C=C\C(=C)N1c2ccccc2C2(C(C=C)=C(C=C)N(c3cc4c5c(c3)Oc3cc(C(C)(C)C)ccc3B5C3=C(CC(C(C)C)C=C3)O4)c3ccccc32)c2ccccc21. The van der Waals surface area contributed by atoms with Gasteiger partial charge in [0.1, 0.15) is 17.2 Å². The topological polar surface area (TPSA) is 24.9 Å². The Balaban J connectivity index is 1.22. The van der Waals surface area contributed by atoms with E-state index >= 15 is 0 Å². The molecular weight excluding hydrogens is 743 g/mol. The van der Waals surface area contributed by atoms with Gasteiger partial charge < -0.3 is 19.3 Å². The first kappa shape index (κ1) is 38.5. The highest BCUT2D eigenvalue weighted by Gasteiger charge is 2.52. The zero-order valence-corrected chi connectivity index (χ0v) is 35.8. The molecule has 0 saturated heterocycles. The molecule has 1 unspecified atom stereocenters. The van der Waals surface area contributed by atoms with Crippen LogP contribution in [0, 0.1) is 11.8 Å². The van der Waals surface area contributed by atoms with Gasteiger partial charge in [0.2, 0.25) is 0 Å². The van der Waals surface area contributed by atoms with Crippen LogP contribution in [-0.4, -0.2) is 6.71 Å². The Morgan fingerprint density at radius 1 is 0.787 bits per heavy atom. The highest BCUT2D eigenvalue weighted by Crippen LogP contribution is 2.62. The van der Waals surface area contributed by atoms with E-state index in [-0.39, 0.29) is 12.1 Å². The summed E-state index contributed by atoms with van der Waals surface area (Å²) in [7, 11) is 0. The third kappa shape index (κ3) is 5.59. The van der Waals surface area contributed by atoms with Crippen molar-refractivity contribution < 1.29 is 9.47 Å². The van der Waals surface area contributed by atoms with Crippen LogP contribution in [0.4, 0.5) is 22.7 Å². The lowest BCUT2D eigenvalue weighted by atomic mass is 9.33. The van der Waals surface area contributed by atoms with Crippen LogP contribution in [-0.2, 0) is 10.8 Å². The van der Waals surface area contributed by atoms with Crippen molar-refractivity contribution in [2.24, 2.45) is 11.8 Å². The number of ether oxygens (including phenoxy) is 2. The number of allylic oxidation sites excluding steroid dienone is 10. The van der Waals surface area contributed by atoms with Crippen LogP contribution in [0.25, 0.3) is 0 Å². The number of hydrogen-bond donors (Lipinski definition) is 0. The second-order valence-corrected chi connectivity index (χ2v) is 18.1. The molecule has 0 radical (unpaired) electrons. The molecule has 61 heavy (non-hydrogen) atoms. The average molecular weight is 795 g/mol. The van der Waals surface area contributed by atoms with E-state index in [9.17, 15) is 0 Å². The van der Waals surface area contributed by atoms with Gasteiger partial charge in [-0.2, -0.15) is 0 Å². The first-order chi connectivity index (χ1) is 29.5. The summed E-state index contributed by atoms with van der Waals surface area (Å²) >= 11 is 0. The fourth-order valence-electron chi connectivity index (χ4n) is 10.5. The van der Waals surface area contributed by atoms with Crippen molar-refractivity contribution in [3.8, 4) is 17.2 Å². The summed E-state index contributed by atoms with van der Waals surface area (Å²) in [6.45, 7) is 28.9. The van der Waals surface area contributed by atoms with Gasteiger partial charge in [-0.15, -0.1) is 0 Å². The standard InChI is InChI=1S/C56H51BN2O2/c1-10-13-20-36(6)58-47-24-17-14-21-41(47)56(42-22-15-18-25-48(42)58)40(11-2)46(12-3)59(49-26-19-16-23-43(49)56)39-33-52-54-53(34-39)61-51-32-38(55(7,8)9)28-30-45(51)57(54)44-29-27-37(35(4)5)31-50(44)60-52/h10-30,32-35,37H,1-3,6,31H2,4-5,7-9H3/b20-13-. The fraction of sp³-hybridized carbons (Fsp3) is 0.179. The maximum Gasteiger partial charge on any atom is 0.260 e. The maximum absolute atomic E-state index is 7.10. The van der Waals surface area contributed by atoms with E-state index in [1.165, 1.54) is 16.5 Å². The molecule has 0 amide bonds. The molecule has 0 aromatic heterocycles. The van der Waals surface area contributed by atoms with Crippen LogP contribution < -0.4 is 30.2 Å². The molecule has 0 bridgehead atoms. The molecule has 1 aliphatic carbocycles. The molecular formula is C56H51BN2O2. The van der Waals surface area contributed by atoms with Crippen molar-refractivity contribution in [3.05, 3.63) is 222 Å². The number of nitrogens with zero attached hydrogens (tertiary/aromatic N) is 2. The second kappa shape index (κ2) is 14.2. The van der Waals surface area contributed by atoms with E-state index in [0.717, 1.165) is 91.3 Å². The normalized spacial score (nSPS) is 17.8. The van der Waals surface area contributed by atoms with E-state index in [1.54, 1.807) is 6.08 Å². The minimum atomic E-state index is -0.743. The molecule has 0 saturated carbocycles. The minimum Gasteiger partial charge on any atom is -0.463 e. The molecule has 4 heterocycles. The summed E-state index contributed by atoms with van der Waals surface area (Å²) in [6.07, 6.45) is 15.3. The van der Waals surface area contributed by atoms with Gasteiger partial charge in [0.25, 0.3) is 6.71 Å². The lowest BCUT2D eigenvalue weighted by Crippen LogP contribution is -2.51. The molecule has 5 heteroatoms. The van der Waals surface area contributed by atoms with Crippen LogP contribution in [0.1, 0.15) is 63.3 Å². The van der Waals surface area contributed by atoms with Crippen molar-refractivity contribution in [2.75, 3.05) is 9.80 Å². The molecule has 300 valence electrons. The van der Waals surface area contributed by atoms with E-state index < -0.39 is 5.41 Å². The maximum atomic E-state index is 7.10. The summed E-state index contributed by atoms with van der Waals surface area (Å²) < 4.78 is 14.2. The Morgan fingerprint density at radius 2 is 1.41 bits per heavy atom. The zero-order valence-electron chi connectivity index (χ0n) is 35.8. The molecule has 5 aliphatic rings. The van der Waals surface area contributed by atoms with Gasteiger partial charge in [0.15, 0.2) is 0 Å². The number of hydrogen-bond acceptors (Lipinski definition) is 4. The minimum absolute atomic E-state index is 0.00532. The zero-order chi connectivity index (χ0) is 42.4. The second-order valence-electron chi connectivity index (χ2n) is 18.1. The highest BCUT2D eigenvalue weighted by atomic mass is 16.5. The van der Waals surface area contributed by atoms with Gasteiger partial charge in [0.05, 0.1) is 39.6 Å². The van der Waals surface area contributed by atoms with Gasteiger partial charge in [-0.1, -0.05) is 158 Å². The third-order valence-corrected chi connectivity index (χ3v) is 13.4. The Kier molecular flexibility index (Phi) is 8.96. The largest absolute Gasteiger partial charge is 0.463 e. The smallest absolute Gasteiger partial charge is 0.260 e. The molecule has 4 aliphatic heterocycles. The van der Waals surface area contributed by atoms with Gasteiger partial charge in [-0.3, -0.25) is 0 Å². The Hall–Kier alpha value is -6.72. The van der Waals surface area contributed by atoms with Crippen LogP contribution >= 0.6 is 0 Å². The number of rotatable bonds is 7. The predicted molar refractivity (Wildman–Crippen MR) is 256 cm³/mol. The summed E-state index contributed by atoms with van der Waals surface area (Å²) in [5.41, 5.74) is 14.2. The van der Waals surface area contributed by atoms with Crippen molar-refractivity contribution in [3.63, 3.8) is 0 Å². The molecule has 4 nitrogen and oxygen atoms in total. The predicted octanol–water partition coefficient (Wildman–Crippen LogP) is 12.9. The molecule has 1 spiro atoms. The van der Waals surface area contributed by atoms with Crippen LogP contribution in [0.15, 0.2) is 200 Å². The molecule has 0 fully saturated rings. The molecule has 1 atom stereocenters. The van der Waals surface area contributed by atoms with Gasteiger partial charge in [0, 0.05) is 29.7 Å². The summed E-state index contributed by atoms with van der Waals surface area (Å²) in [4.78, 5) is 4.59. The molecule has 0 N–H and O–H groups in total. The first-order valence-corrected chi connectivity index (χ1v) is 21.5. The molecule has 5 aromatic rings. The Morgan fingerprint density at radius 3 is 2.02 bits per heavy atom. The number of anilines is 4. The molecule has 10 rings (SSSR count). The number of benzene rings is 5. The average Bonchev–Trinajstić information content (AvgIpc) is 3.26. The monoisotopic (exact) mass is 794 g/mol. The van der Waals surface area contributed by atoms with Gasteiger partial charge in [-0.05, 0) is 92.4 Å². The van der Waals surface area contributed by atoms with Crippen molar-refractivity contribution >= 4 is 40.4 Å². The van der Waals surface area contributed by atoms with Crippen molar-refractivity contribution in [1.82, 2.24) is 0 Å². The summed E-state index contributed by atoms with van der Waals surface area (Å²) in [5, 5.41) is 0. The van der Waals surface area contributed by atoms with E-state index in [1.807, 2.05) is 24.3 Å². The van der Waals surface area contributed by atoms with Crippen LogP contribution in [0.2, 0.25) is 0 Å². The van der Waals surface area contributed by atoms with E-state index in [0.29, 0.717) is 11.8 Å².